The molecule has 0 saturated carbocycles. The van der Waals surface area contributed by atoms with Gasteiger partial charge in [0, 0.05) is 61.5 Å². The maximum atomic E-state index is 11.7. The number of fused-ring (bicyclic) bond motifs is 2. The SMILES string of the molecule is CC(C)(C)c1cc(-c2cc(-c3nccc4occc34)ccn2)[c-]c2ccccc12.CCC(CC)C(=O)/C=C(\O)C(CC)CC.[Ir]. The maximum Gasteiger partial charge on any atom is 0.162 e. The van der Waals surface area contributed by atoms with Crippen LogP contribution in [-0.4, -0.2) is 20.9 Å². The van der Waals surface area contributed by atoms with Gasteiger partial charge in [-0.05, 0) is 54.9 Å². The second-order valence-corrected chi connectivity index (χ2v) is 12.3. The molecule has 5 rings (SSSR count). The molecule has 2 aromatic carbocycles. The summed E-state index contributed by atoms with van der Waals surface area (Å²) in [6, 6.07) is 22.1. The predicted octanol–water partition coefficient (Wildman–Crippen LogP) is 10.7. The number of carbonyl (C=O) groups is 1. The minimum Gasteiger partial charge on any atom is -0.512 e. The number of furan rings is 1. The van der Waals surface area contributed by atoms with Gasteiger partial charge in [0.05, 0.1) is 17.7 Å². The van der Waals surface area contributed by atoms with Crippen LogP contribution in [0.4, 0.5) is 0 Å². The number of hydrogen-bond donors (Lipinski definition) is 1. The van der Waals surface area contributed by atoms with Crippen molar-refractivity contribution < 1.29 is 34.4 Å². The maximum absolute atomic E-state index is 11.7. The van der Waals surface area contributed by atoms with E-state index in [0.29, 0.717) is 0 Å². The molecule has 0 aliphatic heterocycles. The van der Waals surface area contributed by atoms with Crippen LogP contribution in [-0.2, 0) is 30.3 Å². The molecule has 0 aliphatic rings. The Bertz CT molecular complexity index is 1740. The molecule has 0 unspecified atom stereocenters. The number of carbonyl (C=O) groups excluding carboxylic acids is 1. The summed E-state index contributed by atoms with van der Waals surface area (Å²) in [5.74, 6) is 0.547. The molecule has 3 heterocycles. The fourth-order valence-electron chi connectivity index (χ4n) is 5.62. The molecule has 0 bridgehead atoms. The summed E-state index contributed by atoms with van der Waals surface area (Å²) in [5.41, 5.74) is 5.95. The number of allylic oxidation sites excluding steroid dienone is 2. The summed E-state index contributed by atoms with van der Waals surface area (Å²) in [7, 11) is 0. The van der Waals surface area contributed by atoms with Crippen molar-refractivity contribution in [1.82, 2.24) is 9.97 Å². The molecular weight excluding hydrogens is 737 g/mol. The normalized spacial score (nSPS) is 11.9. The minimum atomic E-state index is 0. The first-order valence-corrected chi connectivity index (χ1v) is 15.8. The Morgan fingerprint density at radius 1 is 0.889 bits per heavy atom. The number of pyridine rings is 2. The molecule has 5 nitrogen and oxygen atoms in total. The molecule has 239 valence electrons. The number of aliphatic hydroxyl groups is 1. The van der Waals surface area contributed by atoms with Crippen molar-refractivity contribution in [3.05, 3.63) is 96.7 Å². The Morgan fingerprint density at radius 3 is 2.22 bits per heavy atom. The molecule has 0 amide bonds. The van der Waals surface area contributed by atoms with E-state index in [9.17, 15) is 9.90 Å². The van der Waals surface area contributed by atoms with Crippen LogP contribution >= 0.6 is 0 Å². The van der Waals surface area contributed by atoms with Crippen molar-refractivity contribution in [3.63, 3.8) is 0 Å². The molecule has 0 saturated heterocycles. The van der Waals surface area contributed by atoms with Crippen LogP contribution in [0.5, 0.6) is 0 Å². The molecular formula is C39H45IrN2O3-. The Kier molecular flexibility index (Phi) is 12.8. The Morgan fingerprint density at radius 2 is 1.56 bits per heavy atom. The van der Waals surface area contributed by atoms with Gasteiger partial charge in [0.1, 0.15) is 5.58 Å². The Balaban J connectivity index is 0.000000297. The molecule has 1 N–H and O–H groups in total. The average Bonchev–Trinajstić information content (AvgIpc) is 3.51. The predicted molar refractivity (Wildman–Crippen MR) is 182 cm³/mol. The van der Waals surface area contributed by atoms with Crippen molar-refractivity contribution in [2.45, 2.75) is 79.6 Å². The van der Waals surface area contributed by atoms with Crippen molar-refractivity contribution in [2.75, 3.05) is 0 Å². The number of nitrogens with zero attached hydrogens (tertiary/aromatic N) is 2. The van der Waals surface area contributed by atoms with E-state index in [1.54, 1.807) is 12.5 Å². The van der Waals surface area contributed by atoms with Crippen LogP contribution in [0.3, 0.4) is 0 Å². The van der Waals surface area contributed by atoms with Crippen LogP contribution in [0.1, 0.15) is 79.7 Å². The van der Waals surface area contributed by atoms with Gasteiger partial charge in [-0.2, -0.15) is 0 Å². The summed E-state index contributed by atoms with van der Waals surface area (Å²) in [4.78, 5) is 21.0. The molecule has 5 aromatic rings. The van der Waals surface area contributed by atoms with Crippen molar-refractivity contribution in [1.29, 1.82) is 0 Å². The van der Waals surface area contributed by atoms with E-state index in [2.05, 4.69) is 73.2 Å². The Labute approximate surface area is 281 Å². The third kappa shape index (κ3) is 8.56. The molecule has 45 heavy (non-hydrogen) atoms. The molecule has 1 radical (unpaired) electrons. The molecule has 0 aliphatic carbocycles. The summed E-state index contributed by atoms with van der Waals surface area (Å²) in [6.45, 7) is 14.8. The van der Waals surface area contributed by atoms with Crippen molar-refractivity contribution in [2.24, 2.45) is 11.8 Å². The third-order valence-electron chi connectivity index (χ3n) is 8.35. The average molecular weight is 782 g/mol. The van der Waals surface area contributed by atoms with E-state index in [1.165, 1.54) is 17.0 Å². The standard InChI is InChI=1S/C26H21N2O.C13H24O2.Ir/c1-26(2,3)22-15-19(14-17-6-4-5-7-20(17)22)23-16-18(8-11-27-23)25-21-10-13-29-24(21)9-12-28-25;1-5-10(6-2)12(14)9-13(15)11(7-3)8-4;/h4-13,15-16H,1-3H3;9-11,14H,5-8H2,1-4H3;/q-1;;/b;12-9-;. The van der Waals surface area contributed by atoms with Gasteiger partial charge in [0.2, 0.25) is 0 Å². The van der Waals surface area contributed by atoms with Gasteiger partial charge in [-0.15, -0.1) is 29.1 Å². The van der Waals surface area contributed by atoms with Gasteiger partial charge in [-0.1, -0.05) is 83.7 Å². The third-order valence-corrected chi connectivity index (χ3v) is 8.35. The minimum absolute atomic E-state index is 0. The largest absolute Gasteiger partial charge is 0.512 e. The number of hydrogen-bond acceptors (Lipinski definition) is 5. The van der Waals surface area contributed by atoms with Crippen molar-refractivity contribution >= 4 is 27.5 Å². The molecule has 3 aromatic heterocycles. The molecule has 0 atom stereocenters. The van der Waals surface area contributed by atoms with E-state index in [1.807, 2.05) is 52.1 Å². The monoisotopic (exact) mass is 782 g/mol. The topological polar surface area (TPSA) is 76.2 Å². The quantitative estimate of drug-likeness (QED) is 0.0916. The summed E-state index contributed by atoms with van der Waals surface area (Å²) in [5, 5.41) is 13.1. The summed E-state index contributed by atoms with van der Waals surface area (Å²) < 4.78 is 5.53. The molecule has 0 fully saturated rings. The summed E-state index contributed by atoms with van der Waals surface area (Å²) in [6.07, 6.45) is 10.2. The van der Waals surface area contributed by atoms with Gasteiger partial charge in [-0.25, -0.2) is 0 Å². The number of benzene rings is 2. The second-order valence-electron chi connectivity index (χ2n) is 12.3. The van der Waals surface area contributed by atoms with Gasteiger partial charge < -0.3 is 9.52 Å². The van der Waals surface area contributed by atoms with E-state index < -0.39 is 0 Å². The first kappa shape index (κ1) is 35.9. The van der Waals surface area contributed by atoms with Crippen LogP contribution in [0.15, 0.2) is 89.5 Å². The molecule has 6 heteroatoms. The van der Waals surface area contributed by atoms with E-state index in [-0.39, 0.29) is 48.9 Å². The molecule has 0 spiro atoms. The number of aliphatic hydroxyl groups excluding tert-OH is 1. The van der Waals surface area contributed by atoms with Crippen LogP contribution < -0.4 is 0 Å². The first-order valence-electron chi connectivity index (χ1n) is 15.8. The van der Waals surface area contributed by atoms with Crippen LogP contribution in [0, 0.1) is 17.9 Å². The second kappa shape index (κ2) is 16.1. The van der Waals surface area contributed by atoms with E-state index >= 15 is 0 Å². The van der Waals surface area contributed by atoms with Gasteiger partial charge in [-0.3, -0.25) is 14.8 Å². The van der Waals surface area contributed by atoms with Crippen molar-refractivity contribution in [3.8, 4) is 22.5 Å². The van der Waals surface area contributed by atoms with Gasteiger partial charge >= 0.3 is 0 Å². The fraction of sp³-hybridized carbons (Fsp3) is 0.359. The zero-order chi connectivity index (χ0) is 31.9. The summed E-state index contributed by atoms with van der Waals surface area (Å²) >= 11 is 0. The number of ketones is 1. The van der Waals surface area contributed by atoms with Gasteiger partial charge in [0.25, 0.3) is 0 Å². The first-order chi connectivity index (χ1) is 21.1. The van der Waals surface area contributed by atoms with E-state index in [4.69, 9.17) is 4.42 Å². The smallest absolute Gasteiger partial charge is 0.162 e. The fourth-order valence-corrected chi connectivity index (χ4v) is 5.62. The van der Waals surface area contributed by atoms with Gasteiger partial charge in [0.15, 0.2) is 5.78 Å². The zero-order valence-corrected chi connectivity index (χ0v) is 29.9. The Hall–Kier alpha value is -3.60. The number of rotatable bonds is 9. The van der Waals surface area contributed by atoms with Crippen LogP contribution in [0.2, 0.25) is 0 Å². The van der Waals surface area contributed by atoms with E-state index in [0.717, 1.165) is 64.6 Å². The number of aromatic nitrogens is 2. The zero-order valence-electron chi connectivity index (χ0n) is 27.5. The van der Waals surface area contributed by atoms with Crippen LogP contribution in [0.25, 0.3) is 44.3 Å².